The SMILES string of the molecule is COc1cc(CN2CCN(Cc3cccc(C)n3)C(CCO)C2)ccc1F. The minimum Gasteiger partial charge on any atom is -0.494 e. The predicted molar refractivity (Wildman–Crippen MR) is 103 cm³/mol. The third-order valence-corrected chi connectivity index (χ3v) is 5.08. The van der Waals surface area contributed by atoms with Crippen molar-refractivity contribution in [1.82, 2.24) is 14.8 Å². The van der Waals surface area contributed by atoms with Crippen molar-refractivity contribution in [2.45, 2.75) is 32.5 Å². The van der Waals surface area contributed by atoms with Crippen molar-refractivity contribution in [2.75, 3.05) is 33.4 Å². The summed E-state index contributed by atoms with van der Waals surface area (Å²) in [5.74, 6) is -0.0570. The summed E-state index contributed by atoms with van der Waals surface area (Å²) in [6, 6.07) is 11.4. The summed E-state index contributed by atoms with van der Waals surface area (Å²) in [6.45, 7) is 6.42. The molecule has 0 spiro atoms. The van der Waals surface area contributed by atoms with Gasteiger partial charge in [-0.25, -0.2) is 4.39 Å². The molecule has 1 N–H and O–H groups in total. The number of aliphatic hydroxyl groups is 1. The Bertz CT molecular complexity index is 756. The van der Waals surface area contributed by atoms with Crippen LogP contribution in [0.1, 0.15) is 23.4 Å². The second-order valence-corrected chi connectivity index (χ2v) is 7.11. The summed E-state index contributed by atoms with van der Waals surface area (Å²) in [7, 11) is 1.48. The van der Waals surface area contributed by atoms with Gasteiger partial charge in [0, 0.05) is 51.1 Å². The second kappa shape index (κ2) is 9.26. The highest BCUT2D eigenvalue weighted by atomic mass is 19.1. The third kappa shape index (κ3) is 5.25. The van der Waals surface area contributed by atoms with Gasteiger partial charge in [-0.3, -0.25) is 14.8 Å². The quantitative estimate of drug-likeness (QED) is 0.809. The van der Waals surface area contributed by atoms with E-state index in [4.69, 9.17) is 4.74 Å². The van der Waals surface area contributed by atoms with Crippen molar-refractivity contribution < 1.29 is 14.2 Å². The highest BCUT2D eigenvalue weighted by Gasteiger charge is 2.27. The molecule has 1 fully saturated rings. The van der Waals surface area contributed by atoms with Crippen molar-refractivity contribution in [1.29, 1.82) is 0 Å². The summed E-state index contributed by atoms with van der Waals surface area (Å²) in [6.07, 6.45) is 0.731. The molecule has 1 aliphatic heterocycles. The summed E-state index contributed by atoms with van der Waals surface area (Å²) < 4.78 is 18.7. The molecule has 0 saturated carbocycles. The maximum Gasteiger partial charge on any atom is 0.165 e. The molecule has 1 saturated heterocycles. The van der Waals surface area contributed by atoms with Gasteiger partial charge in [-0.2, -0.15) is 0 Å². The molecule has 0 aliphatic carbocycles. The Balaban J connectivity index is 1.64. The van der Waals surface area contributed by atoms with Crippen LogP contribution < -0.4 is 4.74 Å². The largest absolute Gasteiger partial charge is 0.494 e. The van der Waals surface area contributed by atoms with Crippen LogP contribution in [0.4, 0.5) is 4.39 Å². The number of methoxy groups -OCH3 is 1. The van der Waals surface area contributed by atoms with E-state index in [9.17, 15) is 9.50 Å². The lowest BCUT2D eigenvalue weighted by Crippen LogP contribution is -2.52. The van der Waals surface area contributed by atoms with Crippen molar-refractivity contribution in [2.24, 2.45) is 0 Å². The van der Waals surface area contributed by atoms with E-state index in [-0.39, 0.29) is 24.2 Å². The number of nitrogens with zero attached hydrogens (tertiary/aromatic N) is 3. The predicted octanol–water partition coefficient (Wildman–Crippen LogP) is 2.61. The topological polar surface area (TPSA) is 48.8 Å². The number of aliphatic hydroxyl groups excluding tert-OH is 1. The fraction of sp³-hybridized carbons (Fsp3) is 0.476. The summed E-state index contributed by atoms with van der Waals surface area (Å²) in [4.78, 5) is 9.37. The molecule has 2 heterocycles. The normalized spacial score (nSPS) is 18.6. The van der Waals surface area contributed by atoms with Crippen LogP contribution in [-0.2, 0) is 13.1 Å². The van der Waals surface area contributed by atoms with Crippen LogP contribution in [-0.4, -0.2) is 59.3 Å². The molecule has 1 aromatic carbocycles. The maximum absolute atomic E-state index is 13.6. The van der Waals surface area contributed by atoms with Gasteiger partial charge in [-0.15, -0.1) is 0 Å². The molecular formula is C21H28FN3O2. The number of piperazine rings is 1. The zero-order valence-corrected chi connectivity index (χ0v) is 16.1. The summed E-state index contributed by atoms with van der Waals surface area (Å²) in [5.41, 5.74) is 3.12. The third-order valence-electron chi connectivity index (χ3n) is 5.08. The smallest absolute Gasteiger partial charge is 0.165 e. The number of pyridine rings is 1. The monoisotopic (exact) mass is 373 g/mol. The Hall–Kier alpha value is -2.02. The highest BCUT2D eigenvalue weighted by molar-refractivity contribution is 5.30. The van der Waals surface area contributed by atoms with Crippen LogP contribution in [0.25, 0.3) is 0 Å². The van der Waals surface area contributed by atoms with E-state index in [0.717, 1.165) is 56.1 Å². The molecule has 0 radical (unpaired) electrons. The van der Waals surface area contributed by atoms with E-state index in [1.165, 1.54) is 13.2 Å². The first kappa shape index (κ1) is 19.7. The van der Waals surface area contributed by atoms with Gasteiger partial charge in [0.25, 0.3) is 0 Å². The van der Waals surface area contributed by atoms with Gasteiger partial charge < -0.3 is 9.84 Å². The van der Waals surface area contributed by atoms with Crippen molar-refractivity contribution >= 4 is 0 Å². The molecule has 2 aromatic rings. The van der Waals surface area contributed by atoms with Gasteiger partial charge in [0.1, 0.15) is 0 Å². The van der Waals surface area contributed by atoms with Crippen molar-refractivity contribution in [3.05, 3.63) is 59.2 Å². The number of aryl methyl sites for hydroxylation is 1. The number of benzene rings is 1. The minimum absolute atomic E-state index is 0.167. The average molecular weight is 373 g/mol. The van der Waals surface area contributed by atoms with Gasteiger partial charge in [0.05, 0.1) is 12.8 Å². The fourth-order valence-corrected chi connectivity index (χ4v) is 3.69. The average Bonchev–Trinajstić information content (AvgIpc) is 2.65. The molecule has 3 rings (SSSR count). The van der Waals surface area contributed by atoms with Crippen LogP contribution in [0, 0.1) is 12.7 Å². The van der Waals surface area contributed by atoms with E-state index in [1.807, 2.05) is 25.1 Å². The van der Waals surface area contributed by atoms with E-state index in [0.29, 0.717) is 0 Å². The first-order chi connectivity index (χ1) is 13.1. The lowest BCUT2D eigenvalue weighted by atomic mass is 10.1. The molecule has 0 bridgehead atoms. The van der Waals surface area contributed by atoms with Gasteiger partial charge in [-0.05, 0) is 43.2 Å². The zero-order valence-electron chi connectivity index (χ0n) is 16.1. The molecule has 27 heavy (non-hydrogen) atoms. The van der Waals surface area contributed by atoms with Gasteiger partial charge in [0.2, 0.25) is 0 Å². The van der Waals surface area contributed by atoms with E-state index in [2.05, 4.69) is 20.9 Å². The van der Waals surface area contributed by atoms with E-state index < -0.39 is 0 Å². The molecule has 146 valence electrons. The van der Waals surface area contributed by atoms with Crippen LogP contribution in [0.5, 0.6) is 5.75 Å². The zero-order chi connectivity index (χ0) is 19.2. The molecule has 0 amide bonds. The summed E-state index contributed by atoms with van der Waals surface area (Å²) >= 11 is 0. The van der Waals surface area contributed by atoms with Crippen LogP contribution in [0.3, 0.4) is 0 Å². The number of halogens is 1. The fourth-order valence-electron chi connectivity index (χ4n) is 3.69. The van der Waals surface area contributed by atoms with Gasteiger partial charge >= 0.3 is 0 Å². The number of rotatable bonds is 7. The Morgan fingerprint density at radius 1 is 1.22 bits per heavy atom. The van der Waals surface area contributed by atoms with Gasteiger partial charge in [-0.1, -0.05) is 12.1 Å². The standard InChI is InChI=1S/C21H28FN3O2/c1-16-4-3-5-18(23-16)14-25-10-9-24(15-19(25)8-11-26)13-17-6-7-20(22)21(12-17)27-2/h3-7,12,19,26H,8-11,13-15H2,1-2H3. The molecule has 1 unspecified atom stereocenters. The van der Waals surface area contributed by atoms with Gasteiger partial charge in [0.15, 0.2) is 11.6 Å². The van der Waals surface area contributed by atoms with E-state index in [1.54, 1.807) is 6.07 Å². The summed E-state index contributed by atoms with van der Waals surface area (Å²) in [5, 5.41) is 9.50. The van der Waals surface area contributed by atoms with Crippen molar-refractivity contribution in [3.63, 3.8) is 0 Å². The number of ether oxygens (including phenoxy) is 1. The maximum atomic E-state index is 13.6. The lowest BCUT2D eigenvalue weighted by Gasteiger charge is -2.41. The first-order valence-electron chi connectivity index (χ1n) is 9.41. The Kier molecular flexibility index (Phi) is 6.77. The van der Waals surface area contributed by atoms with Crippen LogP contribution >= 0.6 is 0 Å². The highest BCUT2D eigenvalue weighted by Crippen LogP contribution is 2.22. The second-order valence-electron chi connectivity index (χ2n) is 7.11. The molecular weight excluding hydrogens is 345 g/mol. The van der Waals surface area contributed by atoms with E-state index >= 15 is 0 Å². The minimum atomic E-state index is -0.338. The molecule has 6 heteroatoms. The molecule has 5 nitrogen and oxygen atoms in total. The lowest BCUT2D eigenvalue weighted by molar-refractivity contribution is 0.0491. The van der Waals surface area contributed by atoms with Crippen molar-refractivity contribution in [3.8, 4) is 5.75 Å². The number of aromatic nitrogens is 1. The molecule has 1 atom stereocenters. The Morgan fingerprint density at radius 2 is 2.07 bits per heavy atom. The number of hydrogen-bond donors (Lipinski definition) is 1. The van der Waals surface area contributed by atoms with Crippen LogP contribution in [0.2, 0.25) is 0 Å². The Morgan fingerprint density at radius 3 is 2.81 bits per heavy atom. The first-order valence-corrected chi connectivity index (χ1v) is 9.41. The molecule has 1 aromatic heterocycles. The number of hydrogen-bond acceptors (Lipinski definition) is 5. The Labute approximate surface area is 160 Å². The molecule has 1 aliphatic rings. The van der Waals surface area contributed by atoms with Crippen LogP contribution in [0.15, 0.2) is 36.4 Å².